The minimum Gasteiger partial charge on any atom is -0.493 e. The van der Waals surface area contributed by atoms with Crippen LogP contribution in [0.2, 0.25) is 0 Å². The second kappa shape index (κ2) is 6.51. The molecule has 0 amide bonds. The van der Waals surface area contributed by atoms with Crippen molar-refractivity contribution in [1.82, 2.24) is 5.32 Å². The Morgan fingerprint density at radius 3 is 2.81 bits per heavy atom. The first-order valence-electron chi connectivity index (χ1n) is 7.04. The Hall–Kier alpha value is -0.840. The van der Waals surface area contributed by atoms with E-state index in [2.05, 4.69) is 73.6 Å². The lowest BCUT2D eigenvalue weighted by Gasteiger charge is -2.19. The lowest BCUT2D eigenvalue weighted by atomic mass is 9.97. The zero-order valence-electron chi connectivity index (χ0n) is 11.8. The predicted molar refractivity (Wildman–Crippen MR) is 93.0 cm³/mol. The molecule has 0 spiro atoms. The summed E-state index contributed by atoms with van der Waals surface area (Å²) in [6, 6.07) is 13.1. The van der Waals surface area contributed by atoms with E-state index in [0.29, 0.717) is 0 Å². The van der Waals surface area contributed by atoms with Gasteiger partial charge in [0.2, 0.25) is 0 Å². The molecule has 2 aromatic carbocycles. The summed E-state index contributed by atoms with van der Waals surface area (Å²) in [5.41, 5.74) is 3.85. The van der Waals surface area contributed by atoms with Crippen molar-refractivity contribution in [3.8, 4) is 5.75 Å². The molecule has 0 saturated heterocycles. The SMILES string of the molecule is CNC(Cc1cc(Br)cc2c1OCC2)c1cccc(Br)c1. The van der Waals surface area contributed by atoms with Crippen LogP contribution in [0.25, 0.3) is 0 Å². The summed E-state index contributed by atoms with van der Waals surface area (Å²) in [4.78, 5) is 0. The van der Waals surface area contributed by atoms with Crippen molar-refractivity contribution in [2.75, 3.05) is 13.7 Å². The number of nitrogens with one attached hydrogen (secondary N) is 1. The van der Waals surface area contributed by atoms with Gasteiger partial charge < -0.3 is 10.1 Å². The molecular formula is C17H17Br2NO. The third kappa shape index (κ3) is 3.33. The minimum absolute atomic E-state index is 0.269. The first kappa shape index (κ1) is 15.1. The van der Waals surface area contributed by atoms with Gasteiger partial charge in [0.05, 0.1) is 6.61 Å². The van der Waals surface area contributed by atoms with Gasteiger partial charge in [0.1, 0.15) is 5.75 Å². The van der Waals surface area contributed by atoms with E-state index in [1.54, 1.807) is 0 Å². The minimum atomic E-state index is 0.269. The molecule has 0 aliphatic carbocycles. The van der Waals surface area contributed by atoms with Gasteiger partial charge in [-0.1, -0.05) is 44.0 Å². The maximum Gasteiger partial charge on any atom is 0.125 e. The quantitative estimate of drug-likeness (QED) is 0.791. The van der Waals surface area contributed by atoms with Crippen molar-refractivity contribution in [2.24, 2.45) is 0 Å². The highest BCUT2D eigenvalue weighted by Gasteiger charge is 2.20. The molecule has 110 valence electrons. The summed E-state index contributed by atoms with van der Waals surface area (Å²) >= 11 is 7.16. The summed E-state index contributed by atoms with van der Waals surface area (Å²) in [6.07, 6.45) is 1.91. The number of hydrogen-bond acceptors (Lipinski definition) is 2. The van der Waals surface area contributed by atoms with Gasteiger partial charge in [-0.15, -0.1) is 0 Å². The molecule has 1 aliphatic heterocycles. The van der Waals surface area contributed by atoms with Gasteiger partial charge in [-0.05, 0) is 54.4 Å². The van der Waals surface area contributed by atoms with Crippen molar-refractivity contribution in [1.29, 1.82) is 0 Å². The van der Waals surface area contributed by atoms with Crippen molar-refractivity contribution >= 4 is 31.9 Å². The maximum absolute atomic E-state index is 5.83. The van der Waals surface area contributed by atoms with Crippen molar-refractivity contribution in [3.05, 3.63) is 62.0 Å². The van der Waals surface area contributed by atoms with Crippen LogP contribution in [0, 0.1) is 0 Å². The average molecular weight is 411 g/mol. The van der Waals surface area contributed by atoms with Crippen molar-refractivity contribution in [3.63, 3.8) is 0 Å². The van der Waals surface area contributed by atoms with Gasteiger partial charge >= 0.3 is 0 Å². The molecule has 0 saturated carbocycles. The van der Waals surface area contributed by atoms with E-state index in [9.17, 15) is 0 Å². The monoisotopic (exact) mass is 409 g/mol. The van der Waals surface area contributed by atoms with Crippen molar-refractivity contribution in [2.45, 2.75) is 18.9 Å². The Bertz CT molecular complexity index is 657. The summed E-state index contributed by atoms with van der Waals surface area (Å²) in [7, 11) is 2.00. The molecule has 21 heavy (non-hydrogen) atoms. The fraction of sp³-hybridized carbons (Fsp3) is 0.294. The maximum atomic E-state index is 5.83. The van der Waals surface area contributed by atoms with Gasteiger partial charge in [-0.3, -0.25) is 0 Å². The highest BCUT2D eigenvalue weighted by Crippen LogP contribution is 2.35. The molecule has 0 aromatic heterocycles. The molecule has 1 aliphatic rings. The van der Waals surface area contributed by atoms with E-state index in [-0.39, 0.29) is 6.04 Å². The molecule has 3 rings (SSSR count). The molecule has 2 nitrogen and oxygen atoms in total. The number of likely N-dealkylation sites (N-methyl/N-ethyl adjacent to an activating group) is 1. The second-order valence-corrected chi connectivity index (χ2v) is 7.08. The van der Waals surface area contributed by atoms with Crippen molar-refractivity contribution < 1.29 is 4.74 Å². The van der Waals surface area contributed by atoms with Crippen LogP contribution in [0.5, 0.6) is 5.75 Å². The molecule has 1 heterocycles. The summed E-state index contributed by atoms with van der Waals surface area (Å²) < 4.78 is 8.07. The van der Waals surface area contributed by atoms with Crippen LogP contribution in [0.4, 0.5) is 0 Å². The number of halogens is 2. The van der Waals surface area contributed by atoms with Gasteiger partial charge in [0.15, 0.2) is 0 Å². The van der Waals surface area contributed by atoms with Gasteiger partial charge in [0.25, 0.3) is 0 Å². The number of ether oxygens (including phenoxy) is 1. The van der Waals surface area contributed by atoms with E-state index >= 15 is 0 Å². The lowest BCUT2D eigenvalue weighted by Crippen LogP contribution is -2.19. The lowest BCUT2D eigenvalue weighted by molar-refractivity contribution is 0.352. The Morgan fingerprint density at radius 2 is 2.05 bits per heavy atom. The van der Waals surface area contributed by atoms with Gasteiger partial charge in [0, 0.05) is 21.4 Å². The Labute approximate surface area is 142 Å². The first-order valence-corrected chi connectivity index (χ1v) is 8.63. The number of benzene rings is 2. The van der Waals surface area contributed by atoms with Crippen LogP contribution in [0.1, 0.15) is 22.7 Å². The fourth-order valence-corrected chi connectivity index (χ4v) is 3.80. The molecule has 1 N–H and O–H groups in total. The number of fused-ring (bicyclic) bond motifs is 1. The highest BCUT2D eigenvalue weighted by molar-refractivity contribution is 9.10. The Balaban J connectivity index is 1.91. The summed E-state index contributed by atoms with van der Waals surface area (Å²) in [5, 5.41) is 3.41. The number of hydrogen-bond donors (Lipinski definition) is 1. The predicted octanol–water partition coefficient (Wildman–Crippen LogP) is 4.65. The molecule has 0 radical (unpaired) electrons. The highest BCUT2D eigenvalue weighted by atomic mass is 79.9. The number of rotatable bonds is 4. The molecule has 4 heteroatoms. The standard InChI is InChI=1S/C17H17Br2NO/c1-20-16(11-3-2-4-14(18)7-11)10-13-9-15(19)8-12-5-6-21-17(12)13/h2-4,7-9,16,20H,5-6,10H2,1H3. The third-order valence-electron chi connectivity index (χ3n) is 3.85. The summed E-state index contributed by atoms with van der Waals surface area (Å²) in [5.74, 6) is 1.08. The Kier molecular flexibility index (Phi) is 4.67. The zero-order chi connectivity index (χ0) is 14.8. The molecule has 0 bridgehead atoms. The van der Waals surface area contributed by atoms with Gasteiger partial charge in [-0.25, -0.2) is 0 Å². The smallest absolute Gasteiger partial charge is 0.125 e. The second-order valence-electron chi connectivity index (χ2n) is 5.25. The molecule has 2 aromatic rings. The topological polar surface area (TPSA) is 21.3 Å². The van der Waals surface area contributed by atoms with E-state index in [1.807, 2.05) is 7.05 Å². The molecule has 0 fully saturated rings. The van der Waals surface area contributed by atoms with E-state index in [1.165, 1.54) is 16.7 Å². The zero-order valence-corrected chi connectivity index (χ0v) is 15.0. The van der Waals surface area contributed by atoms with Crippen LogP contribution >= 0.6 is 31.9 Å². The Morgan fingerprint density at radius 1 is 1.19 bits per heavy atom. The van der Waals surface area contributed by atoms with Crippen LogP contribution in [-0.2, 0) is 12.8 Å². The van der Waals surface area contributed by atoms with Crippen LogP contribution in [-0.4, -0.2) is 13.7 Å². The van der Waals surface area contributed by atoms with Crippen LogP contribution < -0.4 is 10.1 Å². The van der Waals surface area contributed by atoms with Gasteiger partial charge in [-0.2, -0.15) is 0 Å². The largest absolute Gasteiger partial charge is 0.493 e. The van der Waals surface area contributed by atoms with E-state index < -0.39 is 0 Å². The van der Waals surface area contributed by atoms with E-state index in [4.69, 9.17) is 4.74 Å². The fourth-order valence-electron chi connectivity index (χ4n) is 2.83. The normalized spacial score (nSPS) is 14.6. The van der Waals surface area contributed by atoms with E-state index in [0.717, 1.165) is 34.1 Å². The summed E-state index contributed by atoms with van der Waals surface area (Å²) in [6.45, 7) is 0.792. The molecule has 1 unspecified atom stereocenters. The van der Waals surface area contributed by atoms with Crippen LogP contribution in [0.3, 0.4) is 0 Å². The average Bonchev–Trinajstić information content (AvgIpc) is 2.92. The first-order chi connectivity index (χ1) is 10.2. The van der Waals surface area contributed by atoms with Crippen LogP contribution in [0.15, 0.2) is 45.3 Å². The molecule has 1 atom stereocenters. The third-order valence-corrected chi connectivity index (χ3v) is 4.80. The molecular weight excluding hydrogens is 394 g/mol.